The first-order valence-electron chi connectivity index (χ1n) is 6.70. The van der Waals surface area contributed by atoms with Crippen molar-refractivity contribution in [2.24, 2.45) is 0 Å². The molecule has 1 aliphatic heterocycles. The van der Waals surface area contributed by atoms with E-state index in [4.69, 9.17) is 0 Å². The van der Waals surface area contributed by atoms with Gasteiger partial charge in [0.2, 0.25) is 0 Å². The van der Waals surface area contributed by atoms with Crippen molar-refractivity contribution in [3.63, 3.8) is 0 Å². The predicted octanol–water partition coefficient (Wildman–Crippen LogP) is 3.84. The number of ketones is 1. The van der Waals surface area contributed by atoms with Gasteiger partial charge in [-0.25, -0.2) is 0 Å². The van der Waals surface area contributed by atoms with E-state index in [1.165, 1.54) is 11.1 Å². The Labute approximate surface area is 125 Å². The zero-order valence-corrected chi connectivity index (χ0v) is 12.0. The van der Waals surface area contributed by atoms with E-state index in [-0.39, 0.29) is 24.5 Å². The number of halogens is 1. The lowest BCUT2D eigenvalue weighted by Gasteiger charge is -2.30. The number of Topliss-reactive ketones (excluding diaryl/α,β-unsaturated/α-hetero) is 1. The van der Waals surface area contributed by atoms with Gasteiger partial charge in [0.05, 0.1) is 0 Å². The maximum atomic E-state index is 12.0. The summed E-state index contributed by atoms with van der Waals surface area (Å²) in [5, 5.41) is 3.60. The zero-order chi connectivity index (χ0) is 13.1. The highest BCUT2D eigenvalue weighted by molar-refractivity contribution is 5.85. The molecule has 0 radical (unpaired) electrons. The van der Waals surface area contributed by atoms with Crippen LogP contribution in [0.4, 0.5) is 0 Å². The number of carbonyl (C=O) groups is 1. The summed E-state index contributed by atoms with van der Waals surface area (Å²) in [7, 11) is 0. The Morgan fingerprint density at radius 1 is 0.750 bits per heavy atom. The summed E-state index contributed by atoms with van der Waals surface area (Å²) >= 11 is 0. The van der Waals surface area contributed by atoms with Crippen LogP contribution in [0.15, 0.2) is 60.7 Å². The van der Waals surface area contributed by atoms with Crippen molar-refractivity contribution >= 4 is 18.2 Å². The average molecular weight is 288 g/mol. The SMILES string of the molecule is Cl.O=C1CC(c2ccccc2)NC(c2ccccc2)C1. The van der Waals surface area contributed by atoms with Gasteiger partial charge in [-0.15, -0.1) is 12.4 Å². The van der Waals surface area contributed by atoms with E-state index in [1.807, 2.05) is 36.4 Å². The number of carbonyl (C=O) groups excluding carboxylic acids is 1. The molecule has 1 aliphatic rings. The minimum atomic E-state index is 0. The Hall–Kier alpha value is -1.64. The topological polar surface area (TPSA) is 29.1 Å². The molecule has 2 atom stereocenters. The van der Waals surface area contributed by atoms with Gasteiger partial charge >= 0.3 is 0 Å². The van der Waals surface area contributed by atoms with Gasteiger partial charge in [0.25, 0.3) is 0 Å². The third kappa shape index (κ3) is 3.27. The van der Waals surface area contributed by atoms with Crippen LogP contribution in [0, 0.1) is 0 Å². The normalized spacial score (nSPS) is 22.1. The highest BCUT2D eigenvalue weighted by atomic mass is 35.5. The summed E-state index contributed by atoms with van der Waals surface area (Å²) in [4.78, 5) is 12.0. The smallest absolute Gasteiger partial charge is 0.136 e. The summed E-state index contributed by atoms with van der Waals surface area (Å²) in [6.07, 6.45) is 1.18. The van der Waals surface area contributed by atoms with Crippen LogP contribution < -0.4 is 5.32 Å². The van der Waals surface area contributed by atoms with Gasteiger partial charge in [0.1, 0.15) is 5.78 Å². The number of hydrogen-bond donors (Lipinski definition) is 1. The number of benzene rings is 2. The minimum absolute atomic E-state index is 0. The van der Waals surface area contributed by atoms with Gasteiger partial charge in [-0.1, -0.05) is 60.7 Å². The Kier molecular flexibility index (Phi) is 4.94. The van der Waals surface area contributed by atoms with Crippen LogP contribution in [-0.2, 0) is 4.79 Å². The van der Waals surface area contributed by atoms with Crippen LogP contribution in [0.2, 0.25) is 0 Å². The lowest BCUT2D eigenvalue weighted by molar-refractivity contribution is -0.121. The second kappa shape index (κ2) is 6.69. The van der Waals surface area contributed by atoms with Gasteiger partial charge < -0.3 is 5.32 Å². The lowest BCUT2D eigenvalue weighted by atomic mass is 9.89. The molecule has 3 heteroatoms. The quantitative estimate of drug-likeness (QED) is 0.909. The Morgan fingerprint density at radius 2 is 1.15 bits per heavy atom. The van der Waals surface area contributed by atoms with E-state index in [9.17, 15) is 4.79 Å². The predicted molar refractivity (Wildman–Crippen MR) is 83.0 cm³/mol. The molecule has 1 heterocycles. The summed E-state index contributed by atoms with van der Waals surface area (Å²) in [6.45, 7) is 0. The van der Waals surface area contributed by atoms with Crippen molar-refractivity contribution in [2.75, 3.05) is 0 Å². The van der Waals surface area contributed by atoms with E-state index in [0.29, 0.717) is 18.6 Å². The van der Waals surface area contributed by atoms with Crippen LogP contribution in [0.5, 0.6) is 0 Å². The van der Waals surface area contributed by atoms with Crippen LogP contribution in [-0.4, -0.2) is 5.78 Å². The van der Waals surface area contributed by atoms with Crippen LogP contribution >= 0.6 is 12.4 Å². The molecule has 0 amide bonds. The van der Waals surface area contributed by atoms with Gasteiger partial charge in [0.15, 0.2) is 0 Å². The van der Waals surface area contributed by atoms with Crippen molar-refractivity contribution in [1.29, 1.82) is 0 Å². The maximum absolute atomic E-state index is 12.0. The monoisotopic (exact) mass is 287 g/mol. The highest BCUT2D eigenvalue weighted by Gasteiger charge is 2.28. The first kappa shape index (κ1) is 14.8. The largest absolute Gasteiger partial charge is 0.302 e. The first-order valence-corrected chi connectivity index (χ1v) is 6.70. The van der Waals surface area contributed by atoms with Crippen molar-refractivity contribution in [1.82, 2.24) is 5.32 Å². The second-order valence-corrected chi connectivity index (χ2v) is 5.04. The second-order valence-electron chi connectivity index (χ2n) is 5.04. The molecule has 3 rings (SSSR count). The van der Waals surface area contributed by atoms with E-state index in [2.05, 4.69) is 29.6 Å². The summed E-state index contributed by atoms with van der Waals surface area (Å²) in [5.74, 6) is 0.335. The van der Waals surface area contributed by atoms with E-state index < -0.39 is 0 Å². The molecule has 2 aromatic carbocycles. The van der Waals surface area contributed by atoms with Gasteiger partial charge in [-0.2, -0.15) is 0 Å². The molecule has 0 bridgehead atoms. The molecular weight excluding hydrogens is 270 g/mol. The number of piperidine rings is 1. The van der Waals surface area contributed by atoms with Crippen molar-refractivity contribution in [3.05, 3.63) is 71.8 Å². The molecule has 2 nitrogen and oxygen atoms in total. The highest BCUT2D eigenvalue weighted by Crippen LogP contribution is 2.30. The maximum Gasteiger partial charge on any atom is 0.136 e. The van der Waals surface area contributed by atoms with Crippen molar-refractivity contribution in [3.8, 4) is 0 Å². The van der Waals surface area contributed by atoms with Crippen LogP contribution in [0.25, 0.3) is 0 Å². The molecule has 1 N–H and O–H groups in total. The molecule has 0 saturated carbocycles. The third-order valence-corrected chi connectivity index (χ3v) is 3.67. The number of hydrogen-bond acceptors (Lipinski definition) is 2. The van der Waals surface area contributed by atoms with E-state index >= 15 is 0 Å². The molecule has 1 fully saturated rings. The Bertz CT molecular complexity index is 506. The fourth-order valence-corrected chi connectivity index (χ4v) is 2.70. The molecule has 0 aromatic heterocycles. The van der Waals surface area contributed by atoms with E-state index in [0.717, 1.165) is 0 Å². The van der Waals surface area contributed by atoms with Crippen LogP contribution in [0.1, 0.15) is 36.1 Å². The van der Waals surface area contributed by atoms with Crippen molar-refractivity contribution < 1.29 is 4.79 Å². The molecule has 0 spiro atoms. The fourth-order valence-electron chi connectivity index (χ4n) is 2.70. The van der Waals surface area contributed by atoms with Gasteiger partial charge in [-0.3, -0.25) is 4.79 Å². The zero-order valence-electron chi connectivity index (χ0n) is 11.2. The van der Waals surface area contributed by atoms with Gasteiger partial charge in [0, 0.05) is 24.9 Å². The molecule has 0 aliphatic carbocycles. The molecule has 104 valence electrons. The van der Waals surface area contributed by atoms with Crippen LogP contribution in [0.3, 0.4) is 0 Å². The number of rotatable bonds is 2. The molecule has 1 saturated heterocycles. The Balaban J connectivity index is 0.00000147. The van der Waals surface area contributed by atoms with Gasteiger partial charge in [-0.05, 0) is 11.1 Å². The first-order chi connectivity index (χ1) is 9.33. The standard InChI is InChI=1S/C17H17NO.ClH/c19-15-11-16(13-7-3-1-4-8-13)18-17(12-15)14-9-5-2-6-10-14;/h1-10,16-18H,11-12H2;1H. The molecular formula is C17H18ClNO. The number of nitrogens with one attached hydrogen (secondary N) is 1. The third-order valence-electron chi connectivity index (χ3n) is 3.67. The minimum Gasteiger partial charge on any atom is -0.302 e. The molecule has 2 aromatic rings. The lowest BCUT2D eigenvalue weighted by Crippen LogP contribution is -2.35. The van der Waals surface area contributed by atoms with E-state index in [1.54, 1.807) is 0 Å². The fraction of sp³-hybridized carbons (Fsp3) is 0.235. The molecule has 20 heavy (non-hydrogen) atoms. The summed E-state index contributed by atoms with van der Waals surface area (Å²) < 4.78 is 0. The molecule has 2 unspecified atom stereocenters. The summed E-state index contributed by atoms with van der Waals surface area (Å²) in [5.41, 5.74) is 2.38. The Morgan fingerprint density at radius 3 is 1.55 bits per heavy atom. The average Bonchev–Trinajstić information content (AvgIpc) is 2.48. The summed E-state index contributed by atoms with van der Waals surface area (Å²) in [6, 6.07) is 20.7. The van der Waals surface area contributed by atoms with Crippen molar-refractivity contribution in [2.45, 2.75) is 24.9 Å².